The lowest BCUT2D eigenvalue weighted by Gasteiger charge is -2.08. The van der Waals surface area contributed by atoms with Crippen LogP contribution in [0.5, 0.6) is 5.75 Å². The van der Waals surface area contributed by atoms with E-state index in [9.17, 15) is 9.59 Å². The number of hydrogen-bond acceptors (Lipinski definition) is 4. The highest BCUT2D eigenvalue weighted by Gasteiger charge is 2.03. The van der Waals surface area contributed by atoms with Crippen molar-refractivity contribution in [2.24, 2.45) is 0 Å². The topological polar surface area (TPSA) is 79.5 Å². The molecule has 19 heavy (non-hydrogen) atoms. The number of hydrogen-bond donors (Lipinski definition) is 3. The lowest BCUT2D eigenvalue weighted by molar-refractivity contribution is 0.200. The first-order chi connectivity index (χ1) is 9.11. The van der Waals surface area contributed by atoms with Crippen LogP contribution in [0.25, 0.3) is 0 Å². The first kappa shape index (κ1) is 15.5. The standard InChI is InChI=1S/C12H16IN3O3/c1-2-3-8-14-12(18)19-10-6-4-9(5-7-10)15-16-11(13)17/h4-7,15H,2-3,8H2,1H3,(H,14,18)(H,16,17). The molecule has 0 aliphatic carbocycles. The molecule has 3 N–H and O–H groups in total. The minimum atomic E-state index is -0.463. The van der Waals surface area contributed by atoms with Gasteiger partial charge in [0.25, 0.3) is 3.91 Å². The fraction of sp³-hybridized carbons (Fsp3) is 0.333. The van der Waals surface area contributed by atoms with Gasteiger partial charge in [0.2, 0.25) is 0 Å². The van der Waals surface area contributed by atoms with Gasteiger partial charge in [0, 0.05) is 29.1 Å². The highest BCUT2D eigenvalue weighted by atomic mass is 127. The maximum atomic E-state index is 11.4. The molecule has 0 heterocycles. The summed E-state index contributed by atoms with van der Waals surface area (Å²) in [7, 11) is 0. The molecule has 1 rings (SSSR count). The third-order valence-corrected chi connectivity index (χ3v) is 2.44. The summed E-state index contributed by atoms with van der Waals surface area (Å²) in [5.41, 5.74) is 5.84. The second-order valence-electron chi connectivity index (χ2n) is 3.72. The molecular weight excluding hydrogens is 361 g/mol. The molecule has 0 aliphatic rings. The van der Waals surface area contributed by atoms with Crippen LogP contribution >= 0.6 is 22.6 Å². The van der Waals surface area contributed by atoms with Gasteiger partial charge < -0.3 is 10.1 Å². The van der Waals surface area contributed by atoms with Crippen LogP contribution in [0, 0.1) is 0 Å². The van der Waals surface area contributed by atoms with Gasteiger partial charge in [-0.05, 0) is 30.7 Å². The van der Waals surface area contributed by atoms with Gasteiger partial charge in [-0.2, -0.15) is 0 Å². The number of unbranched alkanes of at least 4 members (excludes halogenated alkanes) is 1. The molecule has 0 bridgehead atoms. The molecule has 0 spiro atoms. The molecule has 1 aromatic rings. The van der Waals surface area contributed by atoms with Crippen LogP contribution < -0.4 is 20.9 Å². The van der Waals surface area contributed by atoms with Gasteiger partial charge in [0.05, 0.1) is 5.69 Å². The predicted octanol–water partition coefficient (Wildman–Crippen LogP) is 3.05. The molecule has 6 nitrogen and oxygen atoms in total. The Morgan fingerprint density at radius 1 is 1.26 bits per heavy atom. The lowest BCUT2D eigenvalue weighted by Crippen LogP contribution is -2.27. The third-order valence-electron chi connectivity index (χ3n) is 2.17. The molecule has 1 aromatic carbocycles. The van der Waals surface area contributed by atoms with Crippen LogP contribution in [0.1, 0.15) is 19.8 Å². The Kier molecular flexibility index (Phi) is 7.01. The van der Waals surface area contributed by atoms with Crippen LogP contribution in [-0.4, -0.2) is 16.6 Å². The van der Waals surface area contributed by atoms with E-state index in [1.54, 1.807) is 46.9 Å². The number of carbonyl (C=O) groups is 2. The molecule has 0 saturated carbocycles. The van der Waals surface area contributed by atoms with Crippen LogP contribution in [0.3, 0.4) is 0 Å². The maximum Gasteiger partial charge on any atom is 0.412 e. The normalized spacial score (nSPS) is 9.58. The summed E-state index contributed by atoms with van der Waals surface area (Å²) < 4.78 is 4.86. The Balaban J connectivity index is 2.39. The zero-order valence-electron chi connectivity index (χ0n) is 10.5. The van der Waals surface area contributed by atoms with E-state index >= 15 is 0 Å². The maximum absolute atomic E-state index is 11.4. The summed E-state index contributed by atoms with van der Waals surface area (Å²) in [6.45, 7) is 2.66. The van der Waals surface area contributed by atoms with Gasteiger partial charge in [-0.3, -0.25) is 15.6 Å². The van der Waals surface area contributed by atoms with Gasteiger partial charge >= 0.3 is 6.09 Å². The number of carbonyl (C=O) groups excluding carboxylic acids is 2. The highest BCUT2D eigenvalue weighted by Crippen LogP contribution is 2.15. The van der Waals surface area contributed by atoms with E-state index in [1.807, 2.05) is 6.92 Å². The molecule has 0 fully saturated rings. The highest BCUT2D eigenvalue weighted by molar-refractivity contribution is 14.1. The van der Waals surface area contributed by atoms with Gasteiger partial charge in [0.15, 0.2) is 0 Å². The largest absolute Gasteiger partial charge is 0.412 e. The molecule has 0 unspecified atom stereocenters. The average molecular weight is 377 g/mol. The smallest absolute Gasteiger partial charge is 0.410 e. The fourth-order valence-electron chi connectivity index (χ4n) is 1.24. The SMILES string of the molecule is CCCCNC(=O)Oc1ccc(NNC(=O)I)cc1. The van der Waals surface area contributed by atoms with Crippen LogP contribution in [0.2, 0.25) is 0 Å². The second kappa shape index (κ2) is 8.57. The number of benzene rings is 1. The van der Waals surface area contributed by atoms with Crippen molar-refractivity contribution in [1.29, 1.82) is 0 Å². The molecular formula is C12H16IN3O3. The molecule has 0 radical (unpaired) electrons. The van der Waals surface area contributed by atoms with Crippen molar-refractivity contribution in [3.63, 3.8) is 0 Å². The van der Waals surface area contributed by atoms with Crippen molar-refractivity contribution in [1.82, 2.24) is 10.7 Å². The molecule has 0 aliphatic heterocycles. The van der Waals surface area contributed by atoms with Crippen molar-refractivity contribution in [3.05, 3.63) is 24.3 Å². The summed E-state index contributed by atoms with van der Waals surface area (Å²) in [6.07, 6.45) is 1.48. The first-order valence-corrected chi connectivity index (χ1v) is 6.97. The zero-order valence-corrected chi connectivity index (χ0v) is 12.7. The number of ether oxygens (including phenoxy) is 1. The van der Waals surface area contributed by atoms with Crippen LogP contribution in [0.15, 0.2) is 24.3 Å². The summed E-state index contributed by atoms with van der Waals surface area (Å²) in [6, 6.07) is 6.67. The van der Waals surface area contributed by atoms with E-state index in [2.05, 4.69) is 16.2 Å². The zero-order chi connectivity index (χ0) is 14.1. The summed E-state index contributed by atoms with van der Waals surface area (Å²) >= 11 is 1.62. The van der Waals surface area contributed by atoms with Crippen molar-refractivity contribution in [2.75, 3.05) is 12.0 Å². The van der Waals surface area contributed by atoms with Crippen molar-refractivity contribution in [2.45, 2.75) is 19.8 Å². The lowest BCUT2D eigenvalue weighted by atomic mass is 10.3. The van der Waals surface area contributed by atoms with E-state index in [1.165, 1.54) is 0 Å². The molecule has 0 saturated heterocycles. The fourth-order valence-corrected chi connectivity index (χ4v) is 1.37. The second-order valence-corrected chi connectivity index (χ2v) is 4.70. The van der Waals surface area contributed by atoms with Gasteiger partial charge in [-0.1, -0.05) is 13.3 Å². The Morgan fingerprint density at radius 3 is 2.53 bits per heavy atom. The van der Waals surface area contributed by atoms with E-state index < -0.39 is 6.09 Å². The monoisotopic (exact) mass is 377 g/mol. The van der Waals surface area contributed by atoms with Crippen molar-refractivity contribution >= 4 is 38.3 Å². The van der Waals surface area contributed by atoms with Crippen LogP contribution in [-0.2, 0) is 0 Å². The quantitative estimate of drug-likeness (QED) is 0.234. The molecule has 104 valence electrons. The Labute approximate surface area is 125 Å². The molecule has 0 aromatic heterocycles. The molecule has 7 heteroatoms. The van der Waals surface area contributed by atoms with Crippen LogP contribution in [0.4, 0.5) is 15.3 Å². The number of hydrazine groups is 1. The van der Waals surface area contributed by atoms with E-state index in [0.717, 1.165) is 12.8 Å². The predicted molar refractivity (Wildman–Crippen MR) is 81.6 cm³/mol. The van der Waals surface area contributed by atoms with E-state index in [0.29, 0.717) is 18.0 Å². The van der Waals surface area contributed by atoms with Crippen molar-refractivity contribution < 1.29 is 14.3 Å². The Bertz CT molecular complexity index is 423. The average Bonchev–Trinajstić information content (AvgIpc) is 2.38. The number of halogens is 1. The summed E-state index contributed by atoms with van der Waals surface area (Å²) in [5.74, 6) is 0.445. The molecule has 0 atom stereocenters. The van der Waals surface area contributed by atoms with Gasteiger partial charge in [-0.25, -0.2) is 4.79 Å². The number of nitrogens with one attached hydrogen (secondary N) is 3. The van der Waals surface area contributed by atoms with E-state index in [-0.39, 0.29) is 3.91 Å². The van der Waals surface area contributed by atoms with Gasteiger partial charge in [0.1, 0.15) is 5.75 Å². The minimum absolute atomic E-state index is 0.215. The van der Waals surface area contributed by atoms with Gasteiger partial charge in [-0.15, -0.1) is 0 Å². The summed E-state index contributed by atoms with van der Waals surface area (Å²) in [5, 5.41) is 2.65. The summed E-state index contributed by atoms with van der Waals surface area (Å²) in [4.78, 5) is 22.1. The minimum Gasteiger partial charge on any atom is -0.410 e. The third kappa shape index (κ3) is 6.85. The number of anilines is 1. The molecule has 2 amide bonds. The Morgan fingerprint density at radius 2 is 1.95 bits per heavy atom. The first-order valence-electron chi connectivity index (χ1n) is 5.89. The van der Waals surface area contributed by atoms with Crippen molar-refractivity contribution in [3.8, 4) is 5.75 Å². The Hall–Kier alpha value is -1.51. The van der Waals surface area contributed by atoms with E-state index in [4.69, 9.17) is 4.74 Å². The number of amides is 2. The number of rotatable bonds is 6.